The highest BCUT2D eigenvalue weighted by Crippen LogP contribution is 2.26. The van der Waals surface area contributed by atoms with Gasteiger partial charge in [-0.15, -0.1) is 12.4 Å². The summed E-state index contributed by atoms with van der Waals surface area (Å²) >= 11 is 0. The Morgan fingerprint density at radius 1 is 1.05 bits per heavy atom. The van der Waals surface area contributed by atoms with Gasteiger partial charge in [0.2, 0.25) is 0 Å². The maximum absolute atomic E-state index is 15.0. The van der Waals surface area contributed by atoms with Gasteiger partial charge >= 0.3 is 12.0 Å². The normalized spacial score (nSPS) is 13.4. The van der Waals surface area contributed by atoms with Crippen molar-refractivity contribution in [3.05, 3.63) is 77.9 Å². The first-order valence-corrected chi connectivity index (χ1v) is 11.5. The van der Waals surface area contributed by atoms with Gasteiger partial charge < -0.3 is 20.1 Å². The Balaban J connectivity index is 0.00000380. The number of piperidine rings is 1. The molecule has 3 N–H and O–H groups in total. The molecular formula is C26H27ClFN5O4. The number of aromatic nitrogens is 2. The van der Waals surface area contributed by atoms with E-state index in [0.29, 0.717) is 37.1 Å². The maximum Gasteiger partial charge on any atom is 0.316 e. The standard InChI is InChI=1S/C26H26FN5O4.ClH/c27-24-18(16-35-23(33)13-22(28)29)7-4-8-21(24)19-14-30-26(31-15-19)36-20-9-11-32(12-10-20)25(34)17-5-2-1-3-6-17;/h1-8,14-15,20H,9-13,16H2,(H3,28,29);1H. The summed E-state index contributed by atoms with van der Waals surface area (Å²) in [6.45, 7) is 0.871. The molecule has 11 heteroatoms. The third kappa shape index (κ3) is 7.23. The number of rotatable bonds is 8. The number of nitrogens with zero attached hydrogens (tertiary/aromatic N) is 3. The van der Waals surface area contributed by atoms with E-state index in [2.05, 4.69) is 9.97 Å². The molecule has 2 heterocycles. The third-order valence-corrected chi connectivity index (χ3v) is 5.76. The highest BCUT2D eigenvalue weighted by molar-refractivity contribution is 5.95. The number of amidine groups is 1. The number of nitrogens with one attached hydrogen (secondary N) is 1. The van der Waals surface area contributed by atoms with Crippen molar-refractivity contribution in [3.8, 4) is 17.1 Å². The van der Waals surface area contributed by atoms with E-state index in [4.69, 9.17) is 20.6 Å². The molecule has 1 saturated heterocycles. The summed E-state index contributed by atoms with van der Waals surface area (Å²) < 4.78 is 25.9. The molecule has 9 nitrogen and oxygen atoms in total. The van der Waals surface area contributed by atoms with Crippen molar-refractivity contribution in [2.24, 2.45) is 5.73 Å². The first-order chi connectivity index (χ1) is 17.4. The average molecular weight is 528 g/mol. The van der Waals surface area contributed by atoms with E-state index in [-0.39, 0.29) is 60.4 Å². The van der Waals surface area contributed by atoms with E-state index in [0.717, 1.165) is 0 Å². The molecule has 0 bridgehead atoms. The number of carbonyl (C=O) groups is 2. The van der Waals surface area contributed by atoms with Crippen LogP contribution in [0.3, 0.4) is 0 Å². The van der Waals surface area contributed by atoms with Gasteiger partial charge in [0.05, 0.1) is 0 Å². The summed E-state index contributed by atoms with van der Waals surface area (Å²) in [6.07, 6.45) is 3.78. The van der Waals surface area contributed by atoms with Crippen molar-refractivity contribution in [2.45, 2.75) is 32.0 Å². The van der Waals surface area contributed by atoms with Crippen molar-refractivity contribution in [1.29, 1.82) is 5.41 Å². The minimum absolute atomic E-state index is 0. The second-order valence-corrected chi connectivity index (χ2v) is 8.37. The van der Waals surface area contributed by atoms with E-state index in [9.17, 15) is 14.0 Å². The molecule has 0 spiro atoms. The lowest BCUT2D eigenvalue weighted by atomic mass is 10.1. The molecular weight excluding hydrogens is 501 g/mol. The number of hydrogen-bond acceptors (Lipinski definition) is 7. The second kappa shape index (κ2) is 12.8. The zero-order chi connectivity index (χ0) is 25.5. The third-order valence-electron chi connectivity index (χ3n) is 5.76. The summed E-state index contributed by atoms with van der Waals surface area (Å²) in [5.41, 5.74) is 6.73. The number of hydrogen-bond donors (Lipinski definition) is 2. The van der Waals surface area contributed by atoms with E-state index >= 15 is 0 Å². The zero-order valence-electron chi connectivity index (χ0n) is 19.9. The predicted molar refractivity (Wildman–Crippen MR) is 137 cm³/mol. The van der Waals surface area contributed by atoms with Crippen LogP contribution in [0, 0.1) is 11.2 Å². The average Bonchev–Trinajstić information content (AvgIpc) is 2.89. The number of nitrogens with two attached hydrogens (primary N) is 1. The summed E-state index contributed by atoms with van der Waals surface area (Å²) in [5.74, 6) is -1.57. The Morgan fingerprint density at radius 3 is 2.38 bits per heavy atom. The number of likely N-dealkylation sites (tertiary alicyclic amines) is 1. The quantitative estimate of drug-likeness (QED) is 0.259. The molecule has 37 heavy (non-hydrogen) atoms. The van der Waals surface area contributed by atoms with Crippen LogP contribution in [0.15, 0.2) is 60.9 Å². The van der Waals surface area contributed by atoms with Crippen molar-refractivity contribution in [2.75, 3.05) is 13.1 Å². The Labute approximate surface area is 219 Å². The molecule has 0 saturated carbocycles. The monoisotopic (exact) mass is 527 g/mol. The lowest BCUT2D eigenvalue weighted by molar-refractivity contribution is -0.143. The van der Waals surface area contributed by atoms with Gasteiger partial charge in [-0.05, 0) is 12.1 Å². The molecule has 0 aliphatic carbocycles. The van der Waals surface area contributed by atoms with Crippen LogP contribution in [0.5, 0.6) is 6.01 Å². The van der Waals surface area contributed by atoms with Gasteiger partial charge in [-0.2, -0.15) is 0 Å². The summed E-state index contributed by atoms with van der Waals surface area (Å²) in [5, 5.41) is 7.12. The molecule has 1 amide bonds. The Hall–Kier alpha value is -4.05. The second-order valence-electron chi connectivity index (χ2n) is 8.37. The van der Waals surface area contributed by atoms with Crippen molar-refractivity contribution in [1.82, 2.24) is 14.9 Å². The minimum Gasteiger partial charge on any atom is -0.460 e. The fraction of sp³-hybridized carbons (Fsp3) is 0.269. The van der Waals surface area contributed by atoms with Gasteiger partial charge in [0, 0.05) is 60.6 Å². The first-order valence-electron chi connectivity index (χ1n) is 11.5. The highest BCUT2D eigenvalue weighted by Gasteiger charge is 2.25. The molecule has 0 unspecified atom stereocenters. The zero-order valence-corrected chi connectivity index (χ0v) is 20.7. The number of amides is 1. The summed E-state index contributed by atoms with van der Waals surface area (Å²) in [4.78, 5) is 34.5. The molecule has 3 aromatic rings. The van der Waals surface area contributed by atoms with Gasteiger partial charge in [-0.25, -0.2) is 14.4 Å². The van der Waals surface area contributed by atoms with Gasteiger partial charge in [0.15, 0.2) is 0 Å². The van der Waals surface area contributed by atoms with Crippen LogP contribution in [0.4, 0.5) is 4.39 Å². The van der Waals surface area contributed by atoms with Gasteiger partial charge in [0.1, 0.15) is 30.8 Å². The molecule has 1 aromatic heterocycles. The number of halogens is 2. The van der Waals surface area contributed by atoms with Crippen LogP contribution >= 0.6 is 12.4 Å². The SMILES string of the molecule is Cl.N=C(N)CC(=O)OCc1cccc(-c2cnc(OC3CCN(C(=O)c4ccccc4)CC3)nc2)c1F. The van der Waals surface area contributed by atoms with Crippen molar-refractivity contribution in [3.63, 3.8) is 0 Å². The molecule has 194 valence electrons. The molecule has 2 aromatic carbocycles. The lowest BCUT2D eigenvalue weighted by Gasteiger charge is -2.31. The maximum atomic E-state index is 15.0. The molecule has 1 aliphatic heterocycles. The molecule has 0 radical (unpaired) electrons. The molecule has 0 atom stereocenters. The minimum atomic E-state index is -0.701. The fourth-order valence-corrected chi connectivity index (χ4v) is 3.88. The van der Waals surface area contributed by atoms with Gasteiger partial charge in [0.25, 0.3) is 5.91 Å². The first kappa shape index (κ1) is 27.5. The summed E-state index contributed by atoms with van der Waals surface area (Å²) in [6, 6.07) is 14.1. The predicted octanol–water partition coefficient (Wildman–Crippen LogP) is 3.76. The van der Waals surface area contributed by atoms with Crippen LogP contribution < -0.4 is 10.5 Å². The van der Waals surface area contributed by atoms with Gasteiger partial charge in [-0.3, -0.25) is 15.0 Å². The largest absolute Gasteiger partial charge is 0.460 e. The van der Waals surface area contributed by atoms with E-state index in [1.807, 2.05) is 23.1 Å². The van der Waals surface area contributed by atoms with Crippen LogP contribution in [0.1, 0.15) is 35.2 Å². The smallest absolute Gasteiger partial charge is 0.316 e. The van der Waals surface area contributed by atoms with E-state index < -0.39 is 11.8 Å². The van der Waals surface area contributed by atoms with Crippen LogP contribution in [0.25, 0.3) is 11.1 Å². The topological polar surface area (TPSA) is 131 Å². The number of esters is 1. The lowest BCUT2D eigenvalue weighted by Crippen LogP contribution is -2.41. The number of benzene rings is 2. The Kier molecular flexibility index (Phi) is 9.51. The van der Waals surface area contributed by atoms with Crippen LogP contribution in [-0.2, 0) is 16.1 Å². The Bertz CT molecular complexity index is 1240. The van der Waals surface area contributed by atoms with E-state index in [1.165, 1.54) is 18.5 Å². The molecule has 1 fully saturated rings. The number of ether oxygens (including phenoxy) is 2. The van der Waals surface area contributed by atoms with E-state index in [1.54, 1.807) is 24.3 Å². The Morgan fingerprint density at radius 2 is 1.73 bits per heavy atom. The highest BCUT2D eigenvalue weighted by atomic mass is 35.5. The van der Waals surface area contributed by atoms with Crippen LogP contribution in [-0.4, -0.2) is 51.8 Å². The number of carbonyl (C=O) groups excluding carboxylic acids is 2. The fourth-order valence-electron chi connectivity index (χ4n) is 3.88. The van der Waals surface area contributed by atoms with Crippen LogP contribution in [0.2, 0.25) is 0 Å². The summed E-state index contributed by atoms with van der Waals surface area (Å²) in [7, 11) is 0. The van der Waals surface area contributed by atoms with Crippen molar-refractivity contribution < 1.29 is 23.5 Å². The van der Waals surface area contributed by atoms with Crippen molar-refractivity contribution >= 4 is 30.1 Å². The molecule has 1 aliphatic rings. The van der Waals surface area contributed by atoms with Gasteiger partial charge in [-0.1, -0.05) is 36.4 Å². The molecule has 4 rings (SSSR count).